The van der Waals surface area contributed by atoms with Crippen molar-refractivity contribution in [3.8, 4) is 5.75 Å². The predicted octanol–water partition coefficient (Wildman–Crippen LogP) is 6.05. The Morgan fingerprint density at radius 1 is 0.857 bits per heavy atom. The molecule has 0 spiro atoms. The van der Waals surface area contributed by atoms with Gasteiger partial charge in [0.05, 0.1) is 5.56 Å². The first-order valence-corrected chi connectivity index (χ1v) is 9.89. The van der Waals surface area contributed by atoms with E-state index in [1.54, 1.807) is 0 Å². The third-order valence-corrected chi connectivity index (χ3v) is 5.80. The van der Waals surface area contributed by atoms with Gasteiger partial charge in [0.1, 0.15) is 5.75 Å². The van der Waals surface area contributed by atoms with E-state index in [4.69, 9.17) is 4.74 Å². The van der Waals surface area contributed by atoms with Crippen molar-refractivity contribution in [1.82, 2.24) is 0 Å². The van der Waals surface area contributed by atoms with Crippen LogP contribution in [0.5, 0.6) is 5.75 Å². The van der Waals surface area contributed by atoms with E-state index in [0.717, 1.165) is 11.3 Å². The number of hydrogen-bond acceptors (Lipinski definition) is 1. The second-order valence-electron chi connectivity index (χ2n) is 8.33. The summed E-state index contributed by atoms with van der Waals surface area (Å²) >= 11 is 0. The molecule has 0 saturated carbocycles. The number of nitrogens with zero attached hydrogens (tertiary/aromatic N) is 1. The minimum Gasteiger partial charge on any atom is -0.435 e. The average Bonchev–Trinajstić information content (AvgIpc) is 2.67. The molecule has 0 radical (unpaired) electrons. The van der Waals surface area contributed by atoms with Crippen LogP contribution < -0.4 is 4.74 Å². The Balaban J connectivity index is 1.86. The third-order valence-electron chi connectivity index (χ3n) is 5.80. The van der Waals surface area contributed by atoms with Crippen molar-refractivity contribution >= 4 is 11.9 Å². The first-order valence-electron chi connectivity index (χ1n) is 9.89. The molecule has 0 bridgehead atoms. The van der Waals surface area contributed by atoms with Gasteiger partial charge in [-0.3, -0.25) is 0 Å². The van der Waals surface area contributed by atoms with Crippen LogP contribution in [0.4, 0.5) is 5.69 Å². The van der Waals surface area contributed by atoms with Crippen molar-refractivity contribution in [2.24, 2.45) is 0 Å². The summed E-state index contributed by atoms with van der Waals surface area (Å²) in [6.07, 6.45) is 2.24. The second-order valence-corrected chi connectivity index (χ2v) is 8.33. The van der Waals surface area contributed by atoms with Crippen LogP contribution in [-0.4, -0.2) is 17.5 Å². The molecule has 0 unspecified atom stereocenters. The van der Waals surface area contributed by atoms with Gasteiger partial charge in [-0.15, -0.1) is 0 Å². The molecule has 0 amide bonds. The smallest absolute Gasteiger partial charge is 0.292 e. The van der Waals surface area contributed by atoms with E-state index in [-0.39, 0.29) is 5.41 Å². The minimum absolute atomic E-state index is 0.133. The molecule has 0 saturated heterocycles. The van der Waals surface area contributed by atoms with E-state index in [2.05, 4.69) is 106 Å². The van der Waals surface area contributed by atoms with E-state index < -0.39 is 0 Å². The minimum atomic E-state index is -0.133. The fraction of sp³-hybridized carbons (Fsp3) is 0.269. The molecule has 3 aromatic rings. The van der Waals surface area contributed by atoms with Crippen molar-refractivity contribution in [3.63, 3.8) is 0 Å². The highest BCUT2D eigenvalue weighted by molar-refractivity contribution is 5.83. The maximum Gasteiger partial charge on any atom is 0.292 e. The molecule has 3 aromatic carbocycles. The summed E-state index contributed by atoms with van der Waals surface area (Å²) in [6.45, 7) is 11.6. The van der Waals surface area contributed by atoms with E-state index in [1.165, 1.54) is 33.5 Å². The lowest BCUT2D eigenvalue weighted by Crippen LogP contribution is -2.27. The Hall–Kier alpha value is -2.87. The van der Waals surface area contributed by atoms with Crippen LogP contribution in [-0.2, 0) is 5.41 Å². The topological polar surface area (TPSA) is 12.2 Å². The summed E-state index contributed by atoms with van der Waals surface area (Å²) in [4.78, 5) is 0. The van der Waals surface area contributed by atoms with Gasteiger partial charge in [-0.1, -0.05) is 68.4 Å². The molecule has 0 fully saturated rings. The standard InChI is InChI=1S/C26H28NO/c1-18-14-21-16-27(24-19(2)10-9-11-20(24)3)17-28-25(21)23(15-18)26(4,5)22-12-7-6-8-13-22/h6-16H,17H2,1-5H3/q+1. The summed E-state index contributed by atoms with van der Waals surface area (Å²) in [7, 11) is 0. The highest BCUT2D eigenvalue weighted by Gasteiger charge is 2.32. The molecule has 0 aliphatic carbocycles. The van der Waals surface area contributed by atoms with E-state index >= 15 is 0 Å². The molecular formula is C26H28NO+. The quantitative estimate of drug-likeness (QED) is 0.511. The van der Waals surface area contributed by atoms with Gasteiger partial charge >= 0.3 is 0 Å². The molecule has 0 atom stereocenters. The zero-order valence-corrected chi connectivity index (χ0v) is 17.4. The van der Waals surface area contributed by atoms with Crippen LogP contribution in [0.1, 0.15) is 47.2 Å². The predicted molar refractivity (Wildman–Crippen MR) is 116 cm³/mol. The molecular weight excluding hydrogens is 342 g/mol. The van der Waals surface area contributed by atoms with Gasteiger partial charge in [0.15, 0.2) is 6.21 Å². The lowest BCUT2D eigenvalue weighted by atomic mass is 9.76. The first-order chi connectivity index (χ1) is 13.4. The number of rotatable bonds is 3. The molecule has 4 rings (SSSR count). The monoisotopic (exact) mass is 370 g/mol. The van der Waals surface area contributed by atoms with Crippen LogP contribution >= 0.6 is 0 Å². The van der Waals surface area contributed by atoms with Gasteiger partial charge in [0.2, 0.25) is 5.69 Å². The van der Waals surface area contributed by atoms with Gasteiger partial charge in [-0.25, -0.2) is 0 Å². The van der Waals surface area contributed by atoms with E-state index in [9.17, 15) is 0 Å². The first kappa shape index (κ1) is 18.5. The molecule has 2 heteroatoms. The van der Waals surface area contributed by atoms with Crippen molar-refractivity contribution in [2.45, 2.75) is 40.0 Å². The second kappa shape index (κ2) is 6.94. The average molecular weight is 371 g/mol. The molecule has 1 aliphatic rings. The Morgan fingerprint density at radius 3 is 2.21 bits per heavy atom. The number of para-hydroxylation sites is 1. The van der Waals surface area contributed by atoms with Crippen LogP contribution in [0.3, 0.4) is 0 Å². The Kier molecular flexibility index (Phi) is 4.58. The van der Waals surface area contributed by atoms with Gasteiger partial charge < -0.3 is 4.74 Å². The fourth-order valence-electron chi connectivity index (χ4n) is 4.26. The summed E-state index contributed by atoms with van der Waals surface area (Å²) in [5, 5.41) is 0. The number of fused-ring (bicyclic) bond motifs is 1. The van der Waals surface area contributed by atoms with E-state index in [1.807, 2.05) is 0 Å². The van der Waals surface area contributed by atoms with Crippen molar-refractivity contribution in [2.75, 3.05) is 6.73 Å². The molecule has 1 aliphatic heterocycles. The number of ether oxygens (including phenoxy) is 1. The summed E-state index contributed by atoms with van der Waals surface area (Å²) in [5.41, 5.74) is 8.56. The number of aryl methyl sites for hydroxylation is 3. The summed E-state index contributed by atoms with van der Waals surface area (Å²) in [5.74, 6) is 1.00. The Morgan fingerprint density at radius 2 is 1.54 bits per heavy atom. The number of hydrogen-bond donors (Lipinski definition) is 0. The highest BCUT2D eigenvalue weighted by atomic mass is 16.5. The largest absolute Gasteiger partial charge is 0.435 e. The number of benzene rings is 3. The van der Waals surface area contributed by atoms with Crippen LogP contribution in [0, 0.1) is 20.8 Å². The van der Waals surface area contributed by atoms with Crippen molar-refractivity contribution in [1.29, 1.82) is 0 Å². The van der Waals surface area contributed by atoms with Gasteiger partial charge in [0.25, 0.3) is 6.73 Å². The highest BCUT2D eigenvalue weighted by Crippen LogP contribution is 2.41. The zero-order chi connectivity index (χ0) is 19.9. The third kappa shape index (κ3) is 3.13. The molecule has 2 nitrogen and oxygen atoms in total. The Bertz CT molecular complexity index is 1040. The molecule has 0 N–H and O–H groups in total. The fourth-order valence-corrected chi connectivity index (χ4v) is 4.26. The van der Waals surface area contributed by atoms with Gasteiger partial charge in [0, 0.05) is 22.1 Å². The molecule has 0 aromatic heterocycles. The van der Waals surface area contributed by atoms with Crippen molar-refractivity contribution in [3.05, 3.63) is 94.0 Å². The summed E-state index contributed by atoms with van der Waals surface area (Å²) < 4.78 is 8.62. The SMILES string of the molecule is Cc1cc2c(c(C(C)(C)c3ccccc3)c1)OC[N+](c1c(C)cccc1C)=C2. The molecule has 142 valence electrons. The van der Waals surface area contributed by atoms with Gasteiger partial charge in [-0.05, 0) is 38.0 Å². The van der Waals surface area contributed by atoms with Gasteiger partial charge in [-0.2, -0.15) is 4.58 Å². The molecule has 1 heterocycles. The zero-order valence-electron chi connectivity index (χ0n) is 17.4. The van der Waals surface area contributed by atoms with Crippen LogP contribution in [0.15, 0.2) is 60.7 Å². The summed E-state index contributed by atoms with van der Waals surface area (Å²) in [6, 6.07) is 21.6. The molecule has 28 heavy (non-hydrogen) atoms. The lowest BCUT2D eigenvalue weighted by molar-refractivity contribution is -0.477. The normalized spacial score (nSPS) is 13.5. The maximum absolute atomic E-state index is 6.39. The Labute approximate surface area is 168 Å². The maximum atomic E-state index is 6.39. The van der Waals surface area contributed by atoms with Crippen LogP contribution in [0.2, 0.25) is 0 Å². The van der Waals surface area contributed by atoms with Crippen molar-refractivity contribution < 1.29 is 9.31 Å². The van der Waals surface area contributed by atoms with E-state index in [0.29, 0.717) is 6.73 Å². The van der Waals surface area contributed by atoms with Crippen LogP contribution in [0.25, 0.3) is 0 Å². The lowest BCUT2D eigenvalue weighted by Gasteiger charge is -2.30.